The number of benzene rings is 1. The molecule has 0 aliphatic carbocycles. The van der Waals surface area contributed by atoms with E-state index in [4.69, 9.17) is 0 Å². The molecule has 1 atom stereocenters. The molecule has 1 aromatic carbocycles. The van der Waals surface area contributed by atoms with Gasteiger partial charge in [-0.3, -0.25) is 14.3 Å². The number of phenolic OH excluding ortho intramolecular Hbond substituents is 1. The quantitative estimate of drug-likeness (QED) is 0.880. The van der Waals surface area contributed by atoms with Crippen LogP contribution in [-0.4, -0.2) is 33.2 Å². The summed E-state index contributed by atoms with van der Waals surface area (Å²) in [6.07, 6.45) is 0.173. The van der Waals surface area contributed by atoms with E-state index in [-0.39, 0.29) is 24.0 Å². The van der Waals surface area contributed by atoms with E-state index in [1.54, 1.807) is 22.9 Å². The fourth-order valence-electron chi connectivity index (χ4n) is 2.95. The third-order valence-corrected chi connectivity index (χ3v) is 4.18. The standard InChI is InChI=1S/C17H20N4O3/c1-11-6-14(20(2)19-11)9-18-17(24)12-7-16(23)21(10-12)13-4-3-5-15(22)8-13/h3-6,8,12,22H,7,9-10H2,1-2H3,(H,18,24). The van der Waals surface area contributed by atoms with E-state index in [0.717, 1.165) is 11.4 Å². The third-order valence-electron chi connectivity index (χ3n) is 4.18. The van der Waals surface area contributed by atoms with Crippen LogP contribution in [-0.2, 0) is 23.2 Å². The fourth-order valence-corrected chi connectivity index (χ4v) is 2.95. The lowest BCUT2D eigenvalue weighted by Gasteiger charge is -2.17. The van der Waals surface area contributed by atoms with Crippen molar-refractivity contribution in [2.75, 3.05) is 11.4 Å². The summed E-state index contributed by atoms with van der Waals surface area (Å²) in [5.74, 6) is -0.559. The van der Waals surface area contributed by atoms with Crippen molar-refractivity contribution in [2.24, 2.45) is 13.0 Å². The Bertz CT molecular complexity index is 784. The number of nitrogens with one attached hydrogen (secondary N) is 1. The van der Waals surface area contributed by atoms with Gasteiger partial charge in [0.2, 0.25) is 11.8 Å². The number of carbonyl (C=O) groups excluding carboxylic acids is 2. The summed E-state index contributed by atoms with van der Waals surface area (Å²) < 4.78 is 1.73. The molecule has 2 N–H and O–H groups in total. The number of nitrogens with zero attached hydrogens (tertiary/aromatic N) is 3. The molecule has 1 unspecified atom stereocenters. The summed E-state index contributed by atoms with van der Waals surface area (Å²) in [7, 11) is 1.83. The maximum Gasteiger partial charge on any atom is 0.227 e. The van der Waals surface area contributed by atoms with Crippen LogP contribution in [0.5, 0.6) is 5.75 Å². The summed E-state index contributed by atoms with van der Waals surface area (Å²) in [6, 6.07) is 8.41. The van der Waals surface area contributed by atoms with Gasteiger partial charge in [0.1, 0.15) is 5.75 Å². The van der Waals surface area contributed by atoms with Gasteiger partial charge in [0.25, 0.3) is 0 Å². The summed E-state index contributed by atoms with van der Waals surface area (Å²) >= 11 is 0. The van der Waals surface area contributed by atoms with Crippen LogP contribution in [0.3, 0.4) is 0 Å². The molecule has 1 aliphatic rings. The van der Waals surface area contributed by atoms with Gasteiger partial charge in [0.05, 0.1) is 23.9 Å². The molecule has 1 aromatic heterocycles. The number of aromatic hydroxyl groups is 1. The maximum atomic E-state index is 12.4. The van der Waals surface area contributed by atoms with E-state index in [9.17, 15) is 14.7 Å². The Morgan fingerprint density at radius 2 is 2.21 bits per heavy atom. The van der Waals surface area contributed by atoms with Gasteiger partial charge in [0, 0.05) is 31.8 Å². The fraction of sp³-hybridized carbons (Fsp3) is 0.353. The highest BCUT2D eigenvalue weighted by atomic mass is 16.3. The highest BCUT2D eigenvalue weighted by Crippen LogP contribution is 2.27. The predicted molar refractivity (Wildman–Crippen MR) is 88.4 cm³/mol. The van der Waals surface area contributed by atoms with Crippen LogP contribution in [0.4, 0.5) is 5.69 Å². The molecule has 7 nitrogen and oxygen atoms in total. The smallest absolute Gasteiger partial charge is 0.227 e. The van der Waals surface area contributed by atoms with E-state index < -0.39 is 5.92 Å². The number of anilines is 1. The van der Waals surface area contributed by atoms with Crippen molar-refractivity contribution in [3.05, 3.63) is 41.7 Å². The molecule has 1 aliphatic heterocycles. The molecule has 0 bridgehead atoms. The van der Waals surface area contributed by atoms with E-state index in [1.165, 1.54) is 11.0 Å². The monoisotopic (exact) mass is 328 g/mol. The lowest BCUT2D eigenvalue weighted by molar-refractivity contribution is -0.126. The Morgan fingerprint density at radius 3 is 2.88 bits per heavy atom. The van der Waals surface area contributed by atoms with Gasteiger partial charge < -0.3 is 15.3 Å². The van der Waals surface area contributed by atoms with E-state index >= 15 is 0 Å². The zero-order valence-corrected chi connectivity index (χ0v) is 13.7. The van der Waals surface area contributed by atoms with Crippen molar-refractivity contribution in [3.63, 3.8) is 0 Å². The Morgan fingerprint density at radius 1 is 1.42 bits per heavy atom. The van der Waals surface area contributed by atoms with Crippen LogP contribution in [0.2, 0.25) is 0 Å². The van der Waals surface area contributed by atoms with Gasteiger partial charge in [-0.25, -0.2) is 0 Å². The van der Waals surface area contributed by atoms with Gasteiger partial charge in [0.15, 0.2) is 0 Å². The van der Waals surface area contributed by atoms with Crippen molar-refractivity contribution in [3.8, 4) is 5.75 Å². The second kappa shape index (κ2) is 6.35. The van der Waals surface area contributed by atoms with Crippen LogP contribution >= 0.6 is 0 Å². The number of hydrogen-bond donors (Lipinski definition) is 2. The van der Waals surface area contributed by atoms with Crippen LogP contribution in [0.1, 0.15) is 17.8 Å². The molecule has 2 amide bonds. The van der Waals surface area contributed by atoms with Gasteiger partial charge in [-0.1, -0.05) is 6.07 Å². The molecule has 0 radical (unpaired) electrons. The summed E-state index contributed by atoms with van der Waals surface area (Å²) in [4.78, 5) is 26.1. The van der Waals surface area contributed by atoms with Crippen molar-refractivity contribution in [1.82, 2.24) is 15.1 Å². The molecule has 0 spiro atoms. The Labute approximate surface area is 139 Å². The van der Waals surface area contributed by atoms with Gasteiger partial charge >= 0.3 is 0 Å². The van der Waals surface area contributed by atoms with Crippen LogP contribution in [0.25, 0.3) is 0 Å². The van der Waals surface area contributed by atoms with Crippen LogP contribution in [0.15, 0.2) is 30.3 Å². The second-order valence-corrected chi connectivity index (χ2v) is 6.04. The first-order valence-electron chi connectivity index (χ1n) is 7.80. The number of aromatic nitrogens is 2. The second-order valence-electron chi connectivity index (χ2n) is 6.04. The lowest BCUT2D eigenvalue weighted by Crippen LogP contribution is -2.33. The minimum atomic E-state index is -0.394. The van der Waals surface area contributed by atoms with Crippen LogP contribution < -0.4 is 10.2 Å². The SMILES string of the molecule is Cc1cc(CNC(=O)C2CC(=O)N(c3cccc(O)c3)C2)n(C)n1. The largest absolute Gasteiger partial charge is 0.508 e. The lowest BCUT2D eigenvalue weighted by atomic mass is 10.1. The third kappa shape index (κ3) is 3.24. The average molecular weight is 328 g/mol. The first-order chi connectivity index (χ1) is 11.4. The molecule has 2 aromatic rings. The zero-order valence-electron chi connectivity index (χ0n) is 13.7. The minimum absolute atomic E-state index is 0.0970. The van der Waals surface area contributed by atoms with Crippen molar-refractivity contribution in [1.29, 1.82) is 0 Å². The minimum Gasteiger partial charge on any atom is -0.508 e. The highest BCUT2D eigenvalue weighted by molar-refractivity contribution is 6.00. The first kappa shape index (κ1) is 16.0. The number of aryl methyl sites for hydroxylation is 2. The van der Waals surface area contributed by atoms with Crippen molar-refractivity contribution in [2.45, 2.75) is 19.9 Å². The first-order valence-corrected chi connectivity index (χ1v) is 7.80. The summed E-state index contributed by atoms with van der Waals surface area (Å²) in [5, 5.41) is 16.7. The number of phenols is 1. The molecular formula is C17H20N4O3. The Hall–Kier alpha value is -2.83. The predicted octanol–water partition coefficient (Wildman–Crippen LogP) is 1.10. The number of rotatable bonds is 4. The number of hydrogen-bond acceptors (Lipinski definition) is 4. The molecule has 1 fully saturated rings. The van der Waals surface area contributed by atoms with E-state index in [1.807, 2.05) is 20.0 Å². The highest BCUT2D eigenvalue weighted by Gasteiger charge is 2.35. The van der Waals surface area contributed by atoms with Gasteiger partial charge in [-0.2, -0.15) is 5.10 Å². The Kier molecular flexibility index (Phi) is 4.24. The molecule has 2 heterocycles. The molecule has 24 heavy (non-hydrogen) atoms. The number of amides is 2. The van der Waals surface area contributed by atoms with Crippen molar-refractivity contribution < 1.29 is 14.7 Å². The maximum absolute atomic E-state index is 12.4. The number of carbonyl (C=O) groups is 2. The molecular weight excluding hydrogens is 308 g/mol. The molecule has 1 saturated heterocycles. The zero-order chi connectivity index (χ0) is 17.3. The van der Waals surface area contributed by atoms with Crippen molar-refractivity contribution >= 4 is 17.5 Å². The molecule has 3 rings (SSSR count). The summed E-state index contributed by atoms with van der Waals surface area (Å²) in [6.45, 7) is 2.60. The van der Waals surface area contributed by atoms with Gasteiger partial charge in [-0.05, 0) is 25.1 Å². The van der Waals surface area contributed by atoms with E-state index in [0.29, 0.717) is 18.8 Å². The average Bonchev–Trinajstić information content (AvgIpc) is 3.07. The molecule has 126 valence electrons. The molecule has 7 heteroatoms. The normalized spacial score (nSPS) is 17.3. The van der Waals surface area contributed by atoms with E-state index in [2.05, 4.69) is 10.4 Å². The van der Waals surface area contributed by atoms with Crippen LogP contribution in [0, 0.1) is 12.8 Å². The van der Waals surface area contributed by atoms with Gasteiger partial charge in [-0.15, -0.1) is 0 Å². The Balaban J connectivity index is 1.62. The summed E-state index contributed by atoms with van der Waals surface area (Å²) in [5.41, 5.74) is 2.42. The topological polar surface area (TPSA) is 87.5 Å². The molecule has 0 saturated carbocycles.